The molecule has 0 aliphatic carbocycles. The number of carbonyl (C=O) groups excluding carboxylic acids is 1. The number of nitrogens with one attached hydrogen (secondary N) is 1. The predicted molar refractivity (Wildman–Crippen MR) is 86.8 cm³/mol. The highest BCUT2D eigenvalue weighted by atomic mass is 32.2. The molecule has 6 nitrogen and oxygen atoms in total. The summed E-state index contributed by atoms with van der Waals surface area (Å²) < 4.78 is 1.61. The minimum Gasteiger partial charge on any atom is -0.349 e. The zero-order valence-corrected chi connectivity index (χ0v) is 13.9. The van der Waals surface area contributed by atoms with E-state index in [1.165, 1.54) is 22.2 Å². The van der Waals surface area contributed by atoms with Gasteiger partial charge in [-0.2, -0.15) is 0 Å². The first kappa shape index (κ1) is 15.4. The van der Waals surface area contributed by atoms with Crippen LogP contribution >= 0.6 is 23.5 Å². The van der Waals surface area contributed by atoms with Crippen LogP contribution in [0.15, 0.2) is 34.3 Å². The molecule has 0 saturated heterocycles. The lowest BCUT2D eigenvalue weighted by atomic mass is 10.0. The van der Waals surface area contributed by atoms with Crippen LogP contribution in [0.4, 0.5) is 0 Å². The van der Waals surface area contributed by atoms with Gasteiger partial charge >= 0.3 is 0 Å². The van der Waals surface area contributed by atoms with Crippen molar-refractivity contribution in [1.82, 2.24) is 25.5 Å². The molecule has 3 rings (SSSR count). The quantitative estimate of drug-likeness (QED) is 0.843. The molecule has 0 fully saturated rings. The van der Waals surface area contributed by atoms with Crippen molar-refractivity contribution in [3.05, 3.63) is 29.8 Å². The fourth-order valence-corrected chi connectivity index (χ4v) is 4.25. The van der Waals surface area contributed by atoms with Crippen LogP contribution in [-0.2, 0) is 11.8 Å². The lowest BCUT2D eigenvalue weighted by molar-refractivity contribution is -0.121. The number of hydrogen-bond donors (Lipinski definition) is 1. The number of carbonyl (C=O) groups is 1. The van der Waals surface area contributed by atoms with Gasteiger partial charge in [-0.05, 0) is 28.5 Å². The summed E-state index contributed by atoms with van der Waals surface area (Å²) in [5.74, 6) is 1.79. The van der Waals surface area contributed by atoms with Gasteiger partial charge < -0.3 is 5.32 Å². The van der Waals surface area contributed by atoms with Crippen molar-refractivity contribution in [3.63, 3.8) is 0 Å². The van der Waals surface area contributed by atoms with Crippen molar-refractivity contribution in [2.75, 3.05) is 11.5 Å². The maximum atomic E-state index is 12.1. The average molecular weight is 335 g/mol. The maximum absolute atomic E-state index is 12.1. The van der Waals surface area contributed by atoms with Crippen molar-refractivity contribution < 1.29 is 4.79 Å². The van der Waals surface area contributed by atoms with Gasteiger partial charge in [0.05, 0.1) is 6.04 Å². The first-order valence-electron chi connectivity index (χ1n) is 7.10. The number of benzene rings is 1. The second kappa shape index (κ2) is 7.15. The van der Waals surface area contributed by atoms with Gasteiger partial charge in [-0.1, -0.05) is 30.0 Å². The van der Waals surface area contributed by atoms with Gasteiger partial charge in [-0.15, -0.1) is 16.9 Å². The van der Waals surface area contributed by atoms with E-state index in [1.54, 1.807) is 11.7 Å². The molecular weight excluding hydrogens is 318 g/mol. The highest BCUT2D eigenvalue weighted by Gasteiger charge is 2.21. The van der Waals surface area contributed by atoms with Crippen LogP contribution in [0, 0.1) is 0 Å². The summed E-state index contributed by atoms with van der Waals surface area (Å²) in [6, 6.07) is 8.43. The number of rotatable bonds is 5. The Kier molecular flexibility index (Phi) is 4.99. The van der Waals surface area contributed by atoms with Gasteiger partial charge in [0.1, 0.15) is 0 Å². The molecule has 2 heterocycles. The van der Waals surface area contributed by atoms with Crippen molar-refractivity contribution in [1.29, 1.82) is 0 Å². The molecule has 1 N–H and O–H groups in total. The molecular formula is C14H17N5OS2. The molecule has 1 aliphatic heterocycles. The monoisotopic (exact) mass is 335 g/mol. The Morgan fingerprint density at radius 3 is 3.18 bits per heavy atom. The van der Waals surface area contributed by atoms with E-state index >= 15 is 0 Å². The Morgan fingerprint density at radius 2 is 2.36 bits per heavy atom. The number of amides is 1. The topological polar surface area (TPSA) is 72.7 Å². The van der Waals surface area contributed by atoms with Gasteiger partial charge in [0.25, 0.3) is 0 Å². The Balaban J connectivity index is 1.51. The lowest BCUT2D eigenvalue weighted by Crippen LogP contribution is -2.30. The van der Waals surface area contributed by atoms with Gasteiger partial charge in [0.2, 0.25) is 11.1 Å². The van der Waals surface area contributed by atoms with E-state index in [0.717, 1.165) is 17.3 Å². The van der Waals surface area contributed by atoms with E-state index in [-0.39, 0.29) is 11.9 Å². The number of aromatic nitrogens is 4. The van der Waals surface area contributed by atoms with Gasteiger partial charge in [-0.25, -0.2) is 4.68 Å². The molecule has 1 aromatic heterocycles. The molecule has 8 heteroatoms. The van der Waals surface area contributed by atoms with Gasteiger partial charge in [0, 0.05) is 29.9 Å². The van der Waals surface area contributed by atoms with E-state index in [4.69, 9.17) is 0 Å². The molecule has 0 radical (unpaired) electrons. The third-order valence-electron chi connectivity index (χ3n) is 3.44. The number of aryl methyl sites for hydroxylation is 1. The average Bonchev–Trinajstić information content (AvgIpc) is 2.93. The largest absolute Gasteiger partial charge is 0.349 e. The summed E-state index contributed by atoms with van der Waals surface area (Å²) in [6.45, 7) is 0. The zero-order chi connectivity index (χ0) is 15.4. The molecule has 1 aromatic carbocycles. The molecule has 1 atom stereocenters. The van der Waals surface area contributed by atoms with Crippen LogP contribution in [0.5, 0.6) is 0 Å². The Morgan fingerprint density at radius 1 is 1.50 bits per heavy atom. The Hall–Kier alpha value is -1.54. The van der Waals surface area contributed by atoms with Gasteiger partial charge in [0.15, 0.2) is 0 Å². The van der Waals surface area contributed by atoms with Crippen molar-refractivity contribution in [2.45, 2.75) is 28.9 Å². The van der Waals surface area contributed by atoms with E-state index < -0.39 is 0 Å². The number of thioether (sulfide) groups is 2. The van der Waals surface area contributed by atoms with Crippen LogP contribution in [0.3, 0.4) is 0 Å². The van der Waals surface area contributed by atoms with Crippen LogP contribution < -0.4 is 5.32 Å². The third kappa shape index (κ3) is 3.61. The zero-order valence-electron chi connectivity index (χ0n) is 12.2. The first-order chi connectivity index (χ1) is 10.7. The van der Waals surface area contributed by atoms with E-state index in [9.17, 15) is 4.79 Å². The minimum atomic E-state index is 0.0781. The second-order valence-electron chi connectivity index (χ2n) is 4.98. The Labute approximate surface area is 137 Å². The van der Waals surface area contributed by atoms with Crippen LogP contribution in [0.1, 0.15) is 24.4 Å². The molecule has 0 spiro atoms. The normalized spacial score (nSPS) is 17.0. The second-order valence-corrected chi connectivity index (χ2v) is 7.18. The molecule has 22 heavy (non-hydrogen) atoms. The van der Waals surface area contributed by atoms with E-state index in [0.29, 0.717) is 12.2 Å². The highest BCUT2D eigenvalue weighted by Crippen LogP contribution is 2.35. The smallest absolute Gasteiger partial charge is 0.221 e. The molecule has 1 aliphatic rings. The van der Waals surface area contributed by atoms with E-state index in [2.05, 4.69) is 33.0 Å². The number of tetrazole rings is 1. The third-order valence-corrected chi connectivity index (χ3v) is 5.57. The minimum absolute atomic E-state index is 0.0781. The fourth-order valence-electron chi connectivity index (χ4n) is 2.34. The van der Waals surface area contributed by atoms with Crippen molar-refractivity contribution in [3.8, 4) is 0 Å². The van der Waals surface area contributed by atoms with Gasteiger partial charge in [-0.3, -0.25) is 4.79 Å². The summed E-state index contributed by atoms with van der Waals surface area (Å²) in [5, 5.41) is 15.1. The molecule has 116 valence electrons. The standard InChI is InChI=1S/C14H17N5OS2/c1-19-14(16-17-18-19)22-9-7-13(20)15-11-6-8-21-12-5-3-2-4-10(11)12/h2-5,11H,6-9H2,1H3,(H,15,20)/t11-/m1/s1. The summed E-state index contributed by atoms with van der Waals surface area (Å²) in [4.78, 5) is 13.4. The molecule has 2 aromatic rings. The molecule has 1 amide bonds. The highest BCUT2D eigenvalue weighted by molar-refractivity contribution is 7.99. The molecule has 0 saturated carbocycles. The SMILES string of the molecule is Cn1nnnc1SCCC(=O)N[C@@H]1CCSc2ccccc21. The number of fused-ring (bicyclic) bond motifs is 1. The summed E-state index contributed by atoms with van der Waals surface area (Å²) >= 11 is 3.35. The summed E-state index contributed by atoms with van der Waals surface area (Å²) in [6.07, 6.45) is 1.44. The first-order valence-corrected chi connectivity index (χ1v) is 9.07. The van der Waals surface area contributed by atoms with E-state index in [1.807, 2.05) is 23.9 Å². The number of hydrogen-bond acceptors (Lipinski definition) is 6. The molecule has 0 unspecified atom stereocenters. The number of nitrogens with zero attached hydrogens (tertiary/aromatic N) is 4. The van der Waals surface area contributed by atoms with Crippen molar-refractivity contribution >= 4 is 29.4 Å². The lowest BCUT2D eigenvalue weighted by Gasteiger charge is -2.25. The van der Waals surface area contributed by atoms with Crippen LogP contribution in [-0.4, -0.2) is 37.6 Å². The fraction of sp³-hybridized carbons (Fsp3) is 0.429. The maximum Gasteiger partial charge on any atom is 0.221 e. The predicted octanol–water partition coefficient (Wildman–Crippen LogP) is 2.05. The summed E-state index contributed by atoms with van der Waals surface area (Å²) in [5.41, 5.74) is 1.23. The summed E-state index contributed by atoms with van der Waals surface area (Å²) in [7, 11) is 1.79. The van der Waals surface area contributed by atoms with Crippen LogP contribution in [0.2, 0.25) is 0 Å². The molecule has 0 bridgehead atoms. The van der Waals surface area contributed by atoms with Crippen molar-refractivity contribution in [2.24, 2.45) is 7.05 Å². The Bertz CT molecular complexity index is 660. The van der Waals surface area contributed by atoms with Crippen LogP contribution in [0.25, 0.3) is 0 Å².